The lowest BCUT2D eigenvalue weighted by Gasteiger charge is -2.10. The number of amides is 1. The van der Waals surface area contributed by atoms with Gasteiger partial charge in [0.05, 0.1) is 0 Å². The van der Waals surface area contributed by atoms with Crippen LogP contribution in [0.3, 0.4) is 0 Å². The predicted octanol–water partition coefficient (Wildman–Crippen LogP) is 4.85. The Morgan fingerprint density at radius 1 is 0.793 bits per heavy atom. The summed E-state index contributed by atoms with van der Waals surface area (Å²) in [6.07, 6.45) is 0. The number of carbonyl (C=O) groups is 2. The molecule has 0 aromatic heterocycles. The summed E-state index contributed by atoms with van der Waals surface area (Å²) in [5.74, 6) is 0.217. The van der Waals surface area contributed by atoms with Crippen molar-refractivity contribution in [2.24, 2.45) is 0 Å². The van der Waals surface area contributed by atoms with Crippen LogP contribution in [-0.4, -0.2) is 18.5 Å². The first-order valence-corrected chi connectivity index (χ1v) is 9.29. The zero-order valence-electron chi connectivity index (χ0n) is 16.7. The topological polar surface area (TPSA) is 64.6 Å². The molecule has 0 bridgehead atoms. The normalized spacial score (nSPS) is 10.3. The van der Waals surface area contributed by atoms with Crippen molar-refractivity contribution in [3.63, 3.8) is 0 Å². The van der Waals surface area contributed by atoms with Gasteiger partial charge in [0.1, 0.15) is 11.5 Å². The summed E-state index contributed by atoms with van der Waals surface area (Å²) in [6, 6.07) is 19.7. The molecule has 0 unspecified atom stereocenters. The Bertz CT molecular complexity index is 1010. The van der Waals surface area contributed by atoms with Crippen molar-refractivity contribution in [1.82, 2.24) is 0 Å². The van der Waals surface area contributed by atoms with Crippen molar-refractivity contribution in [2.75, 3.05) is 11.9 Å². The van der Waals surface area contributed by atoms with Crippen molar-refractivity contribution in [1.29, 1.82) is 0 Å². The monoisotopic (exact) mass is 389 g/mol. The molecule has 0 atom stereocenters. The minimum absolute atomic E-state index is 0.196. The quantitative estimate of drug-likeness (QED) is 0.484. The molecule has 148 valence electrons. The van der Waals surface area contributed by atoms with Crippen LogP contribution in [0, 0.1) is 20.8 Å². The number of nitrogens with one attached hydrogen (secondary N) is 1. The molecule has 3 rings (SSSR count). The van der Waals surface area contributed by atoms with Crippen LogP contribution in [0.1, 0.15) is 27.0 Å². The molecular formula is C24H23NO4. The van der Waals surface area contributed by atoms with E-state index in [-0.39, 0.29) is 12.5 Å². The SMILES string of the molecule is Cc1ccc(OCC(=O)Oc2ccc(C(=O)Nc3cc(C)ccc3C)cc2)cc1. The van der Waals surface area contributed by atoms with Gasteiger partial charge in [-0.3, -0.25) is 4.79 Å². The summed E-state index contributed by atoms with van der Waals surface area (Å²) in [5, 5.41) is 2.90. The number of carbonyl (C=O) groups excluding carboxylic acids is 2. The van der Waals surface area contributed by atoms with Gasteiger partial charge in [-0.15, -0.1) is 0 Å². The maximum absolute atomic E-state index is 12.5. The van der Waals surface area contributed by atoms with Crippen molar-refractivity contribution in [3.05, 3.63) is 89.0 Å². The third-order valence-electron chi connectivity index (χ3n) is 4.37. The Hall–Kier alpha value is -3.60. The van der Waals surface area contributed by atoms with E-state index >= 15 is 0 Å². The molecule has 0 saturated heterocycles. The molecule has 0 aliphatic carbocycles. The van der Waals surface area contributed by atoms with Crippen molar-refractivity contribution >= 4 is 17.6 Å². The van der Waals surface area contributed by atoms with Gasteiger partial charge in [0.25, 0.3) is 5.91 Å². The van der Waals surface area contributed by atoms with Gasteiger partial charge in [0.15, 0.2) is 6.61 Å². The number of rotatable bonds is 6. The van der Waals surface area contributed by atoms with E-state index in [1.807, 2.05) is 51.1 Å². The number of aryl methyl sites for hydroxylation is 3. The third kappa shape index (κ3) is 5.69. The number of benzene rings is 3. The van der Waals surface area contributed by atoms with Gasteiger partial charge in [0, 0.05) is 11.3 Å². The van der Waals surface area contributed by atoms with Crippen LogP contribution in [0.15, 0.2) is 66.7 Å². The molecule has 0 saturated carbocycles. The van der Waals surface area contributed by atoms with E-state index in [4.69, 9.17) is 9.47 Å². The van der Waals surface area contributed by atoms with E-state index < -0.39 is 5.97 Å². The number of anilines is 1. The Kier molecular flexibility index (Phi) is 6.29. The minimum Gasteiger partial charge on any atom is -0.482 e. The summed E-state index contributed by atoms with van der Waals surface area (Å²) in [4.78, 5) is 24.4. The average molecular weight is 389 g/mol. The Morgan fingerprint density at radius 2 is 1.41 bits per heavy atom. The second-order valence-corrected chi connectivity index (χ2v) is 6.87. The molecule has 29 heavy (non-hydrogen) atoms. The van der Waals surface area contributed by atoms with Crippen LogP contribution in [-0.2, 0) is 4.79 Å². The maximum Gasteiger partial charge on any atom is 0.349 e. The molecule has 5 heteroatoms. The fourth-order valence-corrected chi connectivity index (χ4v) is 2.68. The first kappa shape index (κ1) is 20.1. The standard InChI is InChI=1S/C24H23NO4/c1-16-5-10-20(11-6-16)28-15-23(26)29-21-12-8-19(9-13-21)24(27)25-22-14-17(2)4-7-18(22)3/h4-14H,15H2,1-3H3,(H,25,27). The van der Waals surface area contributed by atoms with E-state index in [0.717, 1.165) is 22.4 Å². The van der Waals surface area contributed by atoms with Crippen molar-refractivity contribution < 1.29 is 19.1 Å². The van der Waals surface area contributed by atoms with Crippen molar-refractivity contribution in [2.45, 2.75) is 20.8 Å². The summed E-state index contributed by atoms with van der Waals surface area (Å²) in [7, 11) is 0. The van der Waals surface area contributed by atoms with E-state index in [1.54, 1.807) is 36.4 Å². The van der Waals surface area contributed by atoms with Crippen LogP contribution >= 0.6 is 0 Å². The van der Waals surface area contributed by atoms with Crippen molar-refractivity contribution in [3.8, 4) is 11.5 Å². The molecule has 0 aliphatic rings. The number of ether oxygens (including phenoxy) is 2. The zero-order valence-corrected chi connectivity index (χ0v) is 16.7. The summed E-state index contributed by atoms with van der Waals surface area (Å²) in [6.45, 7) is 5.69. The lowest BCUT2D eigenvalue weighted by atomic mass is 10.1. The van der Waals surface area contributed by atoms with Gasteiger partial charge >= 0.3 is 5.97 Å². The van der Waals surface area contributed by atoms with Crippen LogP contribution in [0.5, 0.6) is 11.5 Å². The predicted molar refractivity (Wildman–Crippen MR) is 113 cm³/mol. The minimum atomic E-state index is -0.516. The highest BCUT2D eigenvalue weighted by Crippen LogP contribution is 2.19. The van der Waals surface area contributed by atoms with Gasteiger partial charge in [0.2, 0.25) is 0 Å². The summed E-state index contributed by atoms with van der Waals surface area (Å²) in [5.41, 5.74) is 4.42. The fourth-order valence-electron chi connectivity index (χ4n) is 2.68. The maximum atomic E-state index is 12.5. The molecule has 5 nitrogen and oxygen atoms in total. The van der Waals surface area contributed by atoms with Gasteiger partial charge in [-0.05, 0) is 74.4 Å². The lowest BCUT2D eigenvalue weighted by molar-refractivity contribution is -0.136. The largest absolute Gasteiger partial charge is 0.482 e. The van der Waals surface area contributed by atoms with E-state index in [0.29, 0.717) is 17.1 Å². The van der Waals surface area contributed by atoms with Gasteiger partial charge in [-0.25, -0.2) is 4.79 Å². The highest BCUT2D eigenvalue weighted by molar-refractivity contribution is 6.04. The number of hydrogen-bond donors (Lipinski definition) is 1. The molecule has 0 aliphatic heterocycles. The molecule has 1 N–H and O–H groups in total. The lowest BCUT2D eigenvalue weighted by Crippen LogP contribution is -2.18. The second kappa shape index (κ2) is 9.06. The number of esters is 1. The molecule has 0 fully saturated rings. The van der Waals surface area contributed by atoms with E-state index in [2.05, 4.69) is 5.32 Å². The zero-order chi connectivity index (χ0) is 20.8. The van der Waals surface area contributed by atoms with Gasteiger partial charge in [-0.2, -0.15) is 0 Å². The first-order valence-electron chi connectivity index (χ1n) is 9.29. The Morgan fingerprint density at radius 3 is 2.10 bits per heavy atom. The average Bonchev–Trinajstić information content (AvgIpc) is 2.71. The molecular weight excluding hydrogens is 366 g/mol. The third-order valence-corrected chi connectivity index (χ3v) is 4.37. The van der Waals surface area contributed by atoms with E-state index in [1.165, 1.54) is 0 Å². The molecule has 0 radical (unpaired) electrons. The highest BCUT2D eigenvalue weighted by atomic mass is 16.6. The van der Waals surface area contributed by atoms with Gasteiger partial charge in [-0.1, -0.05) is 29.8 Å². The molecule has 3 aromatic carbocycles. The highest BCUT2D eigenvalue weighted by Gasteiger charge is 2.10. The number of hydrogen-bond acceptors (Lipinski definition) is 4. The molecule has 0 spiro atoms. The molecule has 0 heterocycles. The summed E-state index contributed by atoms with van der Waals surface area (Å²) < 4.78 is 10.7. The molecule has 3 aromatic rings. The fraction of sp³-hybridized carbons (Fsp3) is 0.167. The Balaban J connectivity index is 1.55. The molecule has 1 amide bonds. The van der Waals surface area contributed by atoms with E-state index in [9.17, 15) is 9.59 Å². The van der Waals surface area contributed by atoms with Gasteiger partial charge < -0.3 is 14.8 Å². The van der Waals surface area contributed by atoms with Crippen LogP contribution < -0.4 is 14.8 Å². The second-order valence-electron chi connectivity index (χ2n) is 6.87. The van der Waals surface area contributed by atoms with Crippen LogP contribution in [0.25, 0.3) is 0 Å². The smallest absolute Gasteiger partial charge is 0.349 e. The van der Waals surface area contributed by atoms with Crippen LogP contribution in [0.4, 0.5) is 5.69 Å². The summed E-state index contributed by atoms with van der Waals surface area (Å²) >= 11 is 0. The first-order chi connectivity index (χ1) is 13.9. The van der Waals surface area contributed by atoms with Crippen LogP contribution in [0.2, 0.25) is 0 Å². The Labute approximate surface area is 170 Å².